The first-order valence-electron chi connectivity index (χ1n) is 6.37. The van der Waals surface area contributed by atoms with Crippen molar-refractivity contribution < 1.29 is 9.32 Å². The fourth-order valence-electron chi connectivity index (χ4n) is 1.72. The lowest BCUT2D eigenvalue weighted by Gasteiger charge is -2.11. The molecular formula is C14H18N4O2. The number of rotatable bonds is 4. The first kappa shape index (κ1) is 14.1. The molecule has 106 valence electrons. The molecule has 1 atom stereocenters. The minimum atomic E-state index is -0.365. The largest absolute Gasteiger partial charge is 0.338 e. The topological polar surface area (TPSA) is 79.2 Å². The molecular weight excluding hydrogens is 256 g/mol. The highest BCUT2D eigenvalue weighted by atomic mass is 16.5. The van der Waals surface area contributed by atoms with E-state index in [0.717, 1.165) is 5.56 Å². The summed E-state index contributed by atoms with van der Waals surface area (Å²) in [6.07, 6.45) is 0. The summed E-state index contributed by atoms with van der Waals surface area (Å²) in [6, 6.07) is 9.20. The second kappa shape index (κ2) is 6.21. The fraction of sp³-hybridized carbons (Fsp3) is 0.286. The standard InChI is InChI=1S/C14H18N4O2/c1-9-8-13(20-18-9)17-14(19)16-12-6-4-11(5-7-12)10(2)15-3/h4-8,10,15H,1-3H3,(H2,16,17,19). The average molecular weight is 274 g/mol. The Morgan fingerprint density at radius 3 is 2.50 bits per heavy atom. The highest BCUT2D eigenvalue weighted by molar-refractivity contribution is 5.98. The van der Waals surface area contributed by atoms with Crippen molar-refractivity contribution >= 4 is 17.6 Å². The third kappa shape index (κ3) is 3.58. The van der Waals surface area contributed by atoms with Gasteiger partial charge >= 0.3 is 6.03 Å². The van der Waals surface area contributed by atoms with Crippen LogP contribution in [0.15, 0.2) is 34.9 Å². The molecule has 1 unspecified atom stereocenters. The molecule has 0 aliphatic rings. The Bertz CT molecular complexity index is 577. The van der Waals surface area contributed by atoms with E-state index in [1.807, 2.05) is 31.3 Å². The van der Waals surface area contributed by atoms with Gasteiger partial charge in [-0.25, -0.2) is 4.79 Å². The molecule has 0 aliphatic heterocycles. The van der Waals surface area contributed by atoms with E-state index >= 15 is 0 Å². The van der Waals surface area contributed by atoms with Crippen LogP contribution in [-0.2, 0) is 0 Å². The van der Waals surface area contributed by atoms with E-state index in [9.17, 15) is 4.79 Å². The average Bonchev–Trinajstić information content (AvgIpc) is 2.84. The molecule has 0 saturated heterocycles. The maximum absolute atomic E-state index is 11.7. The maximum atomic E-state index is 11.7. The number of aromatic nitrogens is 1. The lowest BCUT2D eigenvalue weighted by Crippen LogP contribution is -2.19. The Morgan fingerprint density at radius 1 is 1.25 bits per heavy atom. The predicted octanol–water partition coefficient (Wildman–Crippen LogP) is 2.91. The number of urea groups is 1. The van der Waals surface area contributed by atoms with Crippen molar-refractivity contribution in [3.8, 4) is 0 Å². The zero-order chi connectivity index (χ0) is 14.5. The molecule has 20 heavy (non-hydrogen) atoms. The van der Waals surface area contributed by atoms with Crippen molar-refractivity contribution in [3.05, 3.63) is 41.6 Å². The van der Waals surface area contributed by atoms with Gasteiger partial charge in [0.25, 0.3) is 0 Å². The number of hydrogen-bond donors (Lipinski definition) is 3. The Hall–Kier alpha value is -2.34. The van der Waals surface area contributed by atoms with Gasteiger partial charge in [0.1, 0.15) is 0 Å². The van der Waals surface area contributed by atoms with Gasteiger partial charge < -0.3 is 15.2 Å². The summed E-state index contributed by atoms with van der Waals surface area (Å²) in [6.45, 7) is 3.86. The molecule has 0 aliphatic carbocycles. The van der Waals surface area contributed by atoms with Gasteiger partial charge in [-0.2, -0.15) is 0 Å². The lowest BCUT2D eigenvalue weighted by molar-refractivity contribution is 0.261. The number of nitrogens with zero attached hydrogens (tertiary/aromatic N) is 1. The molecule has 1 aromatic heterocycles. The van der Waals surface area contributed by atoms with Crippen LogP contribution >= 0.6 is 0 Å². The van der Waals surface area contributed by atoms with Crippen molar-refractivity contribution in [2.75, 3.05) is 17.7 Å². The van der Waals surface area contributed by atoms with Crippen molar-refractivity contribution in [2.45, 2.75) is 19.9 Å². The maximum Gasteiger partial charge on any atom is 0.326 e. The van der Waals surface area contributed by atoms with E-state index in [2.05, 4.69) is 28.0 Å². The third-order valence-electron chi connectivity index (χ3n) is 2.97. The quantitative estimate of drug-likeness (QED) is 0.801. The van der Waals surface area contributed by atoms with Gasteiger partial charge in [0.15, 0.2) is 0 Å². The minimum absolute atomic E-state index is 0.273. The van der Waals surface area contributed by atoms with E-state index in [1.165, 1.54) is 0 Å². The Morgan fingerprint density at radius 2 is 1.95 bits per heavy atom. The van der Waals surface area contributed by atoms with Crippen LogP contribution in [0.2, 0.25) is 0 Å². The number of nitrogens with one attached hydrogen (secondary N) is 3. The molecule has 0 saturated carbocycles. The van der Waals surface area contributed by atoms with Gasteiger partial charge in [-0.15, -0.1) is 0 Å². The normalized spacial score (nSPS) is 11.9. The first-order valence-corrected chi connectivity index (χ1v) is 6.37. The summed E-state index contributed by atoms with van der Waals surface area (Å²) in [5, 5.41) is 12.1. The monoisotopic (exact) mass is 274 g/mol. The third-order valence-corrected chi connectivity index (χ3v) is 2.97. The summed E-state index contributed by atoms with van der Waals surface area (Å²) >= 11 is 0. The number of amides is 2. The molecule has 1 aromatic carbocycles. The van der Waals surface area contributed by atoms with Crippen LogP contribution in [0.5, 0.6) is 0 Å². The Balaban J connectivity index is 1.94. The van der Waals surface area contributed by atoms with Crippen LogP contribution < -0.4 is 16.0 Å². The summed E-state index contributed by atoms with van der Waals surface area (Å²) in [5.74, 6) is 0.320. The summed E-state index contributed by atoms with van der Waals surface area (Å²) < 4.78 is 4.91. The SMILES string of the molecule is CNC(C)c1ccc(NC(=O)Nc2cc(C)no2)cc1. The highest BCUT2D eigenvalue weighted by Crippen LogP contribution is 2.16. The van der Waals surface area contributed by atoms with Crippen molar-refractivity contribution in [2.24, 2.45) is 0 Å². The van der Waals surface area contributed by atoms with Gasteiger partial charge in [0.2, 0.25) is 5.88 Å². The van der Waals surface area contributed by atoms with E-state index in [1.54, 1.807) is 13.0 Å². The number of carbonyl (C=O) groups is 1. The van der Waals surface area contributed by atoms with Crippen LogP contribution in [0.3, 0.4) is 0 Å². The molecule has 6 heteroatoms. The zero-order valence-corrected chi connectivity index (χ0v) is 11.7. The van der Waals surface area contributed by atoms with Crippen LogP contribution in [0.4, 0.5) is 16.4 Å². The molecule has 1 heterocycles. The number of aryl methyl sites for hydroxylation is 1. The molecule has 2 aromatic rings. The van der Waals surface area contributed by atoms with Crippen LogP contribution in [0.1, 0.15) is 24.2 Å². The molecule has 0 radical (unpaired) electrons. The van der Waals surface area contributed by atoms with Crippen LogP contribution in [0.25, 0.3) is 0 Å². The Kier molecular flexibility index (Phi) is 4.37. The first-order chi connectivity index (χ1) is 9.58. The zero-order valence-electron chi connectivity index (χ0n) is 11.7. The number of benzene rings is 1. The summed E-state index contributed by atoms with van der Waals surface area (Å²) in [5.41, 5.74) is 2.58. The Labute approximate surface area is 117 Å². The fourth-order valence-corrected chi connectivity index (χ4v) is 1.72. The van der Waals surface area contributed by atoms with Gasteiger partial charge in [-0.1, -0.05) is 17.3 Å². The van der Waals surface area contributed by atoms with Gasteiger partial charge in [-0.3, -0.25) is 5.32 Å². The summed E-state index contributed by atoms with van der Waals surface area (Å²) in [4.78, 5) is 11.7. The molecule has 2 amide bonds. The number of hydrogen-bond acceptors (Lipinski definition) is 4. The molecule has 0 bridgehead atoms. The second-order valence-electron chi connectivity index (χ2n) is 4.54. The van der Waals surface area contributed by atoms with Gasteiger partial charge in [-0.05, 0) is 38.6 Å². The van der Waals surface area contributed by atoms with Crippen molar-refractivity contribution in [1.29, 1.82) is 0 Å². The number of carbonyl (C=O) groups excluding carboxylic acids is 1. The minimum Gasteiger partial charge on any atom is -0.338 e. The molecule has 6 nitrogen and oxygen atoms in total. The molecule has 2 rings (SSSR count). The van der Waals surface area contributed by atoms with E-state index in [0.29, 0.717) is 17.3 Å². The van der Waals surface area contributed by atoms with E-state index in [-0.39, 0.29) is 12.1 Å². The molecule has 0 spiro atoms. The van der Waals surface area contributed by atoms with Crippen molar-refractivity contribution in [3.63, 3.8) is 0 Å². The van der Waals surface area contributed by atoms with Crippen LogP contribution in [0, 0.1) is 6.92 Å². The second-order valence-corrected chi connectivity index (χ2v) is 4.54. The number of anilines is 2. The van der Waals surface area contributed by atoms with E-state index in [4.69, 9.17) is 4.52 Å². The molecule has 3 N–H and O–H groups in total. The van der Waals surface area contributed by atoms with Crippen molar-refractivity contribution in [1.82, 2.24) is 10.5 Å². The van der Waals surface area contributed by atoms with Gasteiger partial charge in [0, 0.05) is 17.8 Å². The van der Waals surface area contributed by atoms with Gasteiger partial charge in [0.05, 0.1) is 5.69 Å². The highest BCUT2D eigenvalue weighted by Gasteiger charge is 2.07. The van der Waals surface area contributed by atoms with Crippen LogP contribution in [-0.4, -0.2) is 18.2 Å². The predicted molar refractivity (Wildman–Crippen MR) is 77.8 cm³/mol. The molecule has 0 fully saturated rings. The lowest BCUT2D eigenvalue weighted by atomic mass is 10.1. The smallest absolute Gasteiger partial charge is 0.326 e. The summed E-state index contributed by atoms with van der Waals surface area (Å²) in [7, 11) is 1.91. The van der Waals surface area contributed by atoms with E-state index < -0.39 is 0 Å².